The van der Waals surface area contributed by atoms with Crippen LogP contribution in [0.1, 0.15) is 44.7 Å². The molecule has 0 spiro atoms. The van der Waals surface area contributed by atoms with Gasteiger partial charge >= 0.3 is 0 Å². The summed E-state index contributed by atoms with van der Waals surface area (Å²) in [6.45, 7) is 4.00. The van der Waals surface area contributed by atoms with Gasteiger partial charge in [-0.2, -0.15) is 0 Å². The van der Waals surface area contributed by atoms with Gasteiger partial charge in [0, 0.05) is 12.5 Å². The van der Waals surface area contributed by atoms with Gasteiger partial charge in [-0.05, 0) is 43.0 Å². The summed E-state index contributed by atoms with van der Waals surface area (Å²) in [7, 11) is 0. The molecule has 0 fully saturated rings. The number of rotatable bonds is 6. The third-order valence-electron chi connectivity index (χ3n) is 3.73. The first kappa shape index (κ1) is 15.5. The summed E-state index contributed by atoms with van der Waals surface area (Å²) in [5.41, 5.74) is 6.86. The van der Waals surface area contributed by atoms with Crippen LogP contribution < -0.4 is 11.1 Å². The van der Waals surface area contributed by atoms with E-state index in [1.807, 2.05) is 32.0 Å². The fourth-order valence-corrected chi connectivity index (χ4v) is 2.60. The lowest BCUT2D eigenvalue weighted by molar-refractivity contribution is -0.121. The van der Waals surface area contributed by atoms with Crippen molar-refractivity contribution in [1.82, 2.24) is 5.32 Å². The van der Waals surface area contributed by atoms with E-state index in [4.69, 9.17) is 5.73 Å². The second-order valence-electron chi connectivity index (χ2n) is 5.73. The van der Waals surface area contributed by atoms with E-state index >= 15 is 0 Å². The molecule has 112 valence electrons. The lowest BCUT2D eigenvalue weighted by Gasteiger charge is -2.17. The van der Waals surface area contributed by atoms with Crippen LogP contribution in [0.3, 0.4) is 0 Å². The van der Waals surface area contributed by atoms with Crippen molar-refractivity contribution in [3.05, 3.63) is 48.0 Å². The Kier molecular flexibility index (Phi) is 5.34. The largest absolute Gasteiger partial charge is 0.350 e. The Morgan fingerprint density at radius 3 is 2.62 bits per heavy atom. The van der Waals surface area contributed by atoms with Gasteiger partial charge in [0.1, 0.15) is 0 Å². The topological polar surface area (TPSA) is 55.1 Å². The maximum atomic E-state index is 12.0. The summed E-state index contributed by atoms with van der Waals surface area (Å²) in [4.78, 5) is 12.0. The van der Waals surface area contributed by atoms with Crippen LogP contribution in [-0.4, -0.2) is 11.9 Å². The molecule has 0 bridgehead atoms. The zero-order valence-electron chi connectivity index (χ0n) is 12.8. The monoisotopic (exact) mass is 284 g/mol. The first-order valence-corrected chi connectivity index (χ1v) is 7.60. The molecule has 2 atom stereocenters. The highest BCUT2D eigenvalue weighted by atomic mass is 16.1. The van der Waals surface area contributed by atoms with E-state index in [0.29, 0.717) is 6.42 Å². The normalized spacial score (nSPS) is 13.9. The summed E-state index contributed by atoms with van der Waals surface area (Å²) in [6, 6.07) is 14.6. The molecule has 1 amide bonds. The highest BCUT2D eigenvalue weighted by Gasteiger charge is 2.12. The van der Waals surface area contributed by atoms with Gasteiger partial charge in [0.2, 0.25) is 5.91 Å². The van der Waals surface area contributed by atoms with E-state index < -0.39 is 0 Å². The Balaban J connectivity index is 2.02. The van der Waals surface area contributed by atoms with Crippen LogP contribution >= 0.6 is 0 Å². The van der Waals surface area contributed by atoms with Crippen LogP contribution in [0.4, 0.5) is 0 Å². The van der Waals surface area contributed by atoms with Crippen molar-refractivity contribution in [1.29, 1.82) is 0 Å². The minimum Gasteiger partial charge on any atom is -0.350 e. The molecule has 2 rings (SSSR count). The van der Waals surface area contributed by atoms with Crippen LogP contribution in [0.15, 0.2) is 42.5 Å². The Hall–Kier alpha value is -1.87. The van der Waals surface area contributed by atoms with Crippen molar-refractivity contribution >= 4 is 16.7 Å². The van der Waals surface area contributed by atoms with E-state index in [0.717, 1.165) is 18.4 Å². The minimum absolute atomic E-state index is 0.0129. The summed E-state index contributed by atoms with van der Waals surface area (Å²) in [5.74, 6) is 0.0936. The fourth-order valence-electron chi connectivity index (χ4n) is 2.60. The molecule has 3 heteroatoms. The predicted octanol–water partition coefficient (Wildman–Crippen LogP) is 3.53. The average molecular weight is 284 g/mol. The molecular weight excluding hydrogens is 260 g/mol. The third-order valence-corrected chi connectivity index (χ3v) is 3.73. The number of carbonyl (C=O) groups excluding carboxylic acids is 1. The summed E-state index contributed by atoms with van der Waals surface area (Å²) >= 11 is 0. The maximum Gasteiger partial charge on any atom is 0.220 e. The SMILES string of the molecule is CC(N)CCCC(=O)NC(C)c1cccc2ccccc12. The number of fused-ring (bicyclic) bond motifs is 1. The molecule has 2 unspecified atom stereocenters. The lowest BCUT2D eigenvalue weighted by Crippen LogP contribution is -2.27. The molecular formula is C18H24N2O. The number of amides is 1. The number of carbonyl (C=O) groups is 1. The number of nitrogens with one attached hydrogen (secondary N) is 1. The standard InChI is InChI=1S/C18H24N2O/c1-13(19)7-5-12-18(21)20-14(2)16-11-6-9-15-8-3-4-10-17(15)16/h3-4,6,8-11,13-14H,5,7,12,19H2,1-2H3,(H,20,21). The first-order chi connectivity index (χ1) is 10.1. The third kappa shape index (κ3) is 4.30. The summed E-state index contributed by atoms with van der Waals surface area (Å²) < 4.78 is 0. The van der Waals surface area contributed by atoms with Gasteiger partial charge in [0.05, 0.1) is 6.04 Å². The van der Waals surface area contributed by atoms with Gasteiger partial charge in [0.15, 0.2) is 0 Å². The molecule has 0 heterocycles. The van der Waals surface area contributed by atoms with E-state index in [-0.39, 0.29) is 18.0 Å². The van der Waals surface area contributed by atoms with Gasteiger partial charge in [0.25, 0.3) is 0 Å². The second kappa shape index (κ2) is 7.23. The summed E-state index contributed by atoms with van der Waals surface area (Å²) in [5, 5.41) is 5.48. The van der Waals surface area contributed by atoms with Gasteiger partial charge in [-0.15, -0.1) is 0 Å². The molecule has 0 saturated carbocycles. The molecule has 3 nitrogen and oxygen atoms in total. The first-order valence-electron chi connectivity index (χ1n) is 7.60. The van der Waals surface area contributed by atoms with Crippen molar-refractivity contribution in [2.75, 3.05) is 0 Å². The van der Waals surface area contributed by atoms with Crippen LogP contribution in [-0.2, 0) is 4.79 Å². The van der Waals surface area contributed by atoms with Crippen molar-refractivity contribution in [2.24, 2.45) is 5.73 Å². The molecule has 21 heavy (non-hydrogen) atoms. The quantitative estimate of drug-likeness (QED) is 0.852. The Labute approximate surface area is 126 Å². The lowest BCUT2D eigenvalue weighted by atomic mass is 9.99. The molecule has 2 aromatic rings. The van der Waals surface area contributed by atoms with E-state index in [9.17, 15) is 4.79 Å². The molecule has 0 saturated heterocycles. The molecule has 0 radical (unpaired) electrons. The Bertz CT molecular complexity index is 602. The van der Waals surface area contributed by atoms with Crippen molar-refractivity contribution < 1.29 is 4.79 Å². The van der Waals surface area contributed by atoms with Crippen molar-refractivity contribution in [2.45, 2.75) is 45.2 Å². The summed E-state index contributed by atoms with van der Waals surface area (Å²) in [6.07, 6.45) is 2.26. The van der Waals surface area contributed by atoms with Gasteiger partial charge < -0.3 is 11.1 Å². The highest BCUT2D eigenvalue weighted by molar-refractivity contribution is 5.86. The van der Waals surface area contributed by atoms with Crippen molar-refractivity contribution in [3.8, 4) is 0 Å². The van der Waals surface area contributed by atoms with Gasteiger partial charge in [-0.25, -0.2) is 0 Å². The molecule has 0 aliphatic carbocycles. The minimum atomic E-state index is 0.0129. The second-order valence-corrected chi connectivity index (χ2v) is 5.73. The van der Waals surface area contributed by atoms with Crippen LogP contribution in [0.25, 0.3) is 10.8 Å². The van der Waals surface area contributed by atoms with E-state index in [1.165, 1.54) is 10.8 Å². The van der Waals surface area contributed by atoms with Gasteiger partial charge in [-0.3, -0.25) is 4.79 Å². The molecule has 0 aliphatic rings. The van der Waals surface area contributed by atoms with Crippen LogP contribution in [0.2, 0.25) is 0 Å². The zero-order valence-corrected chi connectivity index (χ0v) is 12.8. The molecule has 2 aromatic carbocycles. The van der Waals surface area contributed by atoms with Gasteiger partial charge in [-0.1, -0.05) is 42.5 Å². The van der Waals surface area contributed by atoms with Crippen LogP contribution in [0.5, 0.6) is 0 Å². The highest BCUT2D eigenvalue weighted by Crippen LogP contribution is 2.24. The maximum absolute atomic E-state index is 12.0. The Morgan fingerprint density at radius 2 is 1.86 bits per heavy atom. The zero-order chi connectivity index (χ0) is 15.2. The number of nitrogens with two attached hydrogens (primary N) is 1. The molecule has 0 aliphatic heterocycles. The smallest absolute Gasteiger partial charge is 0.220 e. The molecule has 3 N–H and O–H groups in total. The number of hydrogen-bond donors (Lipinski definition) is 2. The van der Waals surface area contributed by atoms with Crippen molar-refractivity contribution in [3.63, 3.8) is 0 Å². The number of benzene rings is 2. The fraction of sp³-hybridized carbons (Fsp3) is 0.389. The van der Waals surface area contributed by atoms with E-state index in [2.05, 4.69) is 29.6 Å². The van der Waals surface area contributed by atoms with E-state index in [1.54, 1.807) is 0 Å². The Morgan fingerprint density at radius 1 is 1.14 bits per heavy atom. The number of hydrogen-bond acceptors (Lipinski definition) is 2. The predicted molar refractivity (Wildman–Crippen MR) is 88.0 cm³/mol. The molecule has 0 aromatic heterocycles. The average Bonchev–Trinajstić information content (AvgIpc) is 2.46. The van der Waals surface area contributed by atoms with Crippen LogP contribution in [0, 0.1) is 0 Å².